The third-order valence-corrected chi connectivity index (χ3v) is 4.22. The topological polar surface area (TPSA) is 15.6 Å². The normalized spacial score (nSPS) is 17.8. The minimum absolute atomic E-state index is 0.367. The molecule has 2 nitrogen and oxygen atoms in total. The van der Waals surface area contributed by atoms with E-state index in [0.29, 0.717) is 23.0 Å². The Morgan fingerprint density at radius 2 is 1.87 bits per heavy atom. The van der Waals surface area contributed by atoms with Crippen LogP contribution in [0.2, 0.25) is 0 Å². The van der Waals surface area contributed by atoms with E-state index < -0.39 is 11.6 Å². The number of hydrazone groups is 1. The van der Waals surface area contributed by atoms with Crippen molar-refractivity contribution in [3.63, 3.8) is 0 Å². The van der Waals surface area contributed by atoms with Crippen molar-refractivity contribution in [1.82, 2.24) is 5.01 Å². The summed E-state index contributed by atoms with van der Waals surface area (Å²) in [5.74, 6) is -1.41. The van der Waals surface area contributed by atoms with Crippen molar-refractivity contribution >= 4 is 22.9 Å². The average Bonchev–Trinajstić information content (AvgIpc) is 2.57. The van der Waals surface area contributed by atoms with Gasteiger partial charge in [0.15, 0.2) is 11.6 Å². The van der Waals surface area contributed by atoms with Gasteiger partial charge in [0.05, 0.1) is 5.71 Å². The highest BCUT2D eigenvalue weighted by Crippen LogP contribution is 2.21. The van der Waals surface area contributed by atoms with E-state index in [4.69, 9.17) is 12.2 Å². The summed E-state index contributed by atoms with van der Waals surface area (Å²) in [6.45, 7) is 2.78. The van der Waals surface area contributed by atoms with Crippen LogP contribution < -0.4 is 0 Å². The third kappa shape index (κ3) is 3.45. The van der Waals surface area contributed by atoms with E-state index in [-0.39, 0.29) is 0 Å². The monoisotopic (exact) mass is 330 g/mol. The van der Waals surface area contributed by atoms with E-state index in [9.17, 15) is 8.78 Å². The Bertz CT molecular complexity index is 759. The Hall–Kier alpha value is -2.14. The first-order chi connectivity index (χ1) is 11.0. The summed E-state index contributed by atoms with van der Waals surface area (Å²) in [5.41, 5.74) is 2.47. The minimum atomic E-state index is -0.901. The number of hydrogen-bond acceptors (Lipinski definition) is 2. The van der Waals surface area contributed by atoms with Crippen LogP contribution in [0.15, 0.2) is 53.6 Å². The molecule has 1 atom stereocenters. The SMILES string of the molecule is C[C@H]1CC(c2ccccc2)=NN(C(=S)c2ccc(F)c(F)c2)C1. The molecule has 5 heteroatoms. The molecule has 118 valence electrons. The third-order valence-electron chi connectivity index (χ3n) is 3.78. The van der Waals surface area contributed by atoms with Crippen molar-refractivity contribution in [2.75, 3.05) is 6.54 Å². The zero-order chi connectivity index (χ0) is 16.4. The second-order valence-electron chi connectivity index (χ2n) is 5.74. The van der Waals surface area contributed by atoms with Crippen molar-refractivity contribution in [2.24, 2.45) is 11.0 Å². The number of hydrogen-bond donors (Lipinski definition) is 0. The van der Waals surface area contributed by atoms with Gasteiger partial charge in [0.1, 0.15) is 4.99 Å². The molecule has 23 heavy (non-hydrogen) atoms. The summed E-state index contributed by atoms with van der Waals surface area (Å²) in [6.07, 6.45) is 0.862. The number of nitrogens with zero attached hydrogens (tertiary/aromatic N) is 2. The van der Waals surface area contributed by atoms with Gasteiger partial charge in [-0.1, -0.05) is 49.5 Å². The molecule has 0 bridgehead atoms. The molecule has 3 rings (SSSR count). The van der Waals surface area contributed by atoms with E-state index in [2.05, 4.69) is 12.0 Å². The zero-order valence-corrected chi connectivity index (χ0v) is 13.5. The van der Waals surface area contributed by atoms with Gasteiger partial charge in [0.2, 0.25) is 0 Å². The van der Waals surface area contributed by atoms with E-state index in [1.165, 1.54) is 6.07 Å². The lowest BCUT2D eigenvalue weighted by Crippen LogP contribution is -2.35. The standard InChI is InChI=1S/C18H16F2N2S/c1-12-9-17(13-5-3-2-4-6-13)21-22(11-12)18(23)14-7-8-15(19)16(20)10-14/h2-8,10,12H,9,11H2,1H3/t12-/m0/s1. The van der Waals surface area contributed by atoms with Gasteiger partial charge in [-0.05, 0) is 36.1 Å². The predicted octanol–water partition coefficient (Wildman–Crippen LogP) is 4.39. The second kappa shape index (κ2) is 6.54. The van der Waals surface area contributed by atoms with Crippen molar-refractivity contribution in [3.05, 3.63) is 71.3 Å². The fourth-order valence-corrected chi connectivity index (χ4v) is 2.87. The van der Waals surface area contributed by atoms with Crippen LogP contribution in [-0.4, -0.2) is 22.3 Å². The predicted molar refractivity (Wildman–Crippen MR) is 91.5 cm³/mol. The highest BCUT2D eigenvalue weighted by molar-refractivity contribution is 7.80. The van der Waals surface area contributed by atoms with Gasteiger partial charge < -0.3 is 0 Å². The molecule has 0 aliphatic carbocycles. The molecule has 1 aliphatic heterocycles. The molecule has 0 amide bonds. The number of halogens is 2. The molecular formula is C18H16F2N2S. The van der Waals surface area contributed by atoms with Gasteiger partial charge in [-0.3, -0.25) is 5.01 Å². The molecule has 0 saturated carbocycles. The van der Waals surface area contributed by atoms with Crippen LogP contribution in [0.4, 0.5) is 8.78 Å². The van der Waals surface area contributed by atoms with E-state index in [0.717, 1.165) is 29.8 Å². The van der Waals surface area contributed by atoms with Crippen molar-refractivity contribution < 1.29 is 8.78 Å². The average molecular weight is 330 g/mol. The summed E-state index contributed by atoms with van der Waals surface area (Å²) < 4.78 is 26.5. The lowest BCUT2D eigenvalue weighted by molar-refractivity contribution is 0.354. The summed E-state index contributed by atoms with van der Waals surface area (Å²) in [4.78, 5) is 0.406. The molecule has 0 spiro atoms. The first-order valence-corrected chi connectivity index (χ1v) is 7.85. The van der Waals surface area contributed by atoms with Crippen LogP contribution in [-0.2, 0) is 0 Å². The number of rotatable bonds is 2. The maximum absolute atomic E-state index is 13.4. The van der Waals surface area contributed by atoms with E-state index in [1.807, 2.05) is 30.3 Å². The van der Waals surface area contributed by atoms with E-state index >= 15 is 0 Å². The lowest BCUT2D eigenvalue weighted by atomic mass is 9.97. The van der Waals surface area contributed by atoms with Crippen LogP contribution in [0.5, 0.6) is 0 Å². The Kier molecular flexibility index (Phi) is 4.48. The smallest absolute Gasteiger partial charge is 0.159 e. The molecule has 0 aromatic heterocycles. The molecule has 2 aromatic rings. The second-order valence-corrected chi connectivity index (χ2v) is 6.12. The van der Waals surface area contributed by atoms with E-state index in [1.54, 1.807) is 5.01 Å². The van der Waals surface area contributed by atoms with Crippen LogP contribution in [0.1, 0.15) is 24.5 Å². The molecular weight excluding hydrogens is 314 g/mol. The molecule has 0 unspecified atom stereocenters. The largest absolute Gasteiger partial charge is 0.253 e. The maximum atomic E-state index is 13.4. The Morgan fingerprint density at radius 1 is 1.13 bits per heavy atom. The molecule has 1 aliphatic rings. The summed E-state index contributed by atoms with van der Waals surface area (Å²) >= 11 is 5.43. The highest BCUT2D eigenvalue weighted by Gasteiger charge is 2.23. The molecule has 0 fully saturated rings. The molecule has 0 N–H and O–H groups in total. The molecule has 2 aromatic carbocycles. The fraction of sp³-hybridized carbons (Fsp3) is 0.222. The highest BCUT2D eigenvalue weighted by atomic mass is 32.1. The van der Waals surface area contributed by atoms with Crippen LogP contribution in [0, 0.1) is 17.6 Å². The van der Waals surface area contributed by atoms with Gasteiger partial charge in [-0.25, -0.2) is 8.78 Å². The Balaban J connectivity index is 1.91. The number of thiocarbonyl (C=S) groups is 1. The summed E-state index contributed by atoms with van der Waals surface area (Å²) in [7, 11) is 0. The van der Waals surface area contributed by atoms with Crippen molar-refractivity contribution in [2.45, 2.75) is 13.3 Å². The molecule has 0 radical (unpaired) electrons. The quantitative estimate of drug-likeness (QED) is 0.759. The Morgan fingerprint density at radius 3 is 2.57 bits per heavy atom. The van der Waals surface area contributed by atoms with Crippen LogP contribution >= 0.6 is 12.2 Å². The molecule has 0 saturated heterocycles. The summed E-state index contributed by atoms with van der Waals surface area (Å²) in [6, 6.07) is 13.6. The lowest BCUT2D eigenvalue weighted by Gasteiger charge is -2.30. The number of benzene rings is 2. The van der Waals surface area contributed by atoms with Crippen LogP contribution in [0.3, 0.4) is 0 Å². The van der Waals surface area contributed by atoms with Gasteiger partial charge >= 0.3 is 0 Å². The summed E-state index contributed by atoms with van der Waals surface area (Å²) in [5, 5.41) is 6.33. The van der Waals surface area contributed by atoms with Crippen molar-refractivity contribution in [1.29, 1.82) is 0 Å². The molecule has 1 heterocycles. The zero-order valence-electron chi connectivity index (χ0n) is 12.7. The van der Waals surface area contributed by atoms with Gasteiger partial charge in [-0.15, -0.1) is 0 Å². The first kappa shape index (κ1) is 15.7. The first-order valence-electron chi connectivity index (χ1n) is 7.44. The van der Waals surface area contributed by atoms with Crippen molar-refractivity contribution in [3.8, 4) is 0 Å². The van der Waals surface area contributed by atoms with Gasteiger partial charge in [-0.2, -0.15) is 5.10 Å². The van der Waals surface area contributed by atoms with Gasteiger partial charge in [0, 0.05) is 12.1 Å². The maximum Gasteiger partial charge on any atom is 0.159 e. The fourth-order valence-electron chi connectivity index (χ4n) is 2.63. The van der Waals surface area contributed by atoms with Crippen LogP contribution in [0.25, 0.3) is 0 Å². The minimum Gasteiger partial charge on any atom is -0.253 e. The Labute approximate surface area is 139 Å². The van der Waals surface area contributed by atoms with Gasteiger partial charge in [0.25, 0.3) is 0 Å².